The lowest BCUT2D eigenvalue weighted by Gasteiger charge is -2.15. The molecule has 0 aliphatic rings. The molecule has 0 atom stereocenters. The zero-order valence-corrected chi connectivity index (χ0v) is 15.7. The Kier molecular flexibility index (Phi) is 5.37. The Bertz CT molecular complexity index is 1000. The van der Waals surface area contributed by atoms with Crippen molar-refractivity contribution in [2.45, 2.75) is 13.1 Å². The average molecular weight is 409 g/mol. The first-order valence-electron chi connectivity index (χ1n) is 8.11. The summed E-state index contributed by atoms with van der Waals surface area (Å²) in [4.78, 5) is 18.9. The minimum Gasteiger partial charge on any atom is -0.321 e. The van der Waals surface area contributed by atoms with Crippen LogP contribution in [0.15, 0.2) is 48.5 Å². The summed E-state index contributed by atoms with van der Waals surface area (Å²) in [6, 6.07) is 11.7. The number of amides is 1. The van der Waals surface area contributed by atoms with Crippen molar-refractivity contribution >= 4 is 33.8 Å². The third kappa shape index (κ3) is 4.14. The van der Waals surface area contributed by atoms with E-state index in [1.807, 2.05) is 30.3 Å². The first kappa shape index (κ1) is 19.8. The second kappa shape index (κ2) is 7.59. The summed E-state index contributed by atoms with van der Waals surface area (Å²) in [5.74, 6) is -2.01. The summed E-state index contributed by atoms with van der Waals surface area (Å²) < 4.78 is 51.9. The van der Waals surface area contributed by atoms with Crippen LogP contribution in [-0.2, 0) is 6.18 Å². The molecule has 1 heterocycles. The van der Waals surface area contributed by atoms with Crippen molar-refractivity contribution in [2.75, 3.05) is 17.3 Å². The summed E-state index contributed by atoms with van der Waals surface area (Å²) >= 11 is 1.11. The van der Waals surface area contributed by atoms with Gasteiger partial charge in [-0.05, 0) is 37.3 Å². The van der Waals surface area contributed by atoms with Gasteiger partial charge in [0, 0.05) is 18.4 Å². The molecule has 2 aromatic carbocycles. The molecule has 0 saturated heterocycles. The molecule has 9 heteroatoms. The lowest BCUT2D eigenvalue weighted by Crippen LogP contribution is -2.14. The fourth-order valence-corrected chi connectivity index (χ4v) is 3.45. The van der Waals surface area contributed by atoms with Crippen LogP contribution in [0.25, 0.3) is 0 Å². The molecule has 0 unspecified atom stereocenters. The van der Waals surface area contributed by atoms with Crippen molar-refractivity contribution in [3.05, 3.63) is 70.5 Å². The Morgan fingerprint density at radius 2 is 1.82 bits per heavy atom. The van der Waals surface area contributed by atoms with Gasteiger partial charge in [-0.2, -0.15) is 13.2 Å². The van der Waals surface area contributed by atoms with E-state index < -0.39 is 23.5 Å². The quantitative estimate of drug-likeness (QED) is 0.568. The predicted molar refractivity (Wildman–Crippen MR) is 101 cm³/mol. The number of nitrogens with one attached hydrogen (secondary N) is 1. The van der Waals surface area contributed by atoms with E-state index >= 15 is 0 Å². The number of thiazole rings is 1. The minimum absolute atomic E-state index is 0.149. The number of aryl methyl sites for hydroxylation is 1. The van der Waals surface area contributed by atoms with Crippen molar-refractivity contribution in [1.29, 1.82) is 0 Å². The van der Waals surface area contributed by atoms with E-state index in [1.165, 1.54) is 0 Å². The number of para-hydroxylation sites is 1. The van der Waals surface area contributed by atoms with Crippen LogP contribution in [0.5, 0.6) is 0 Å². The molecule has 3 rings (SSSR count). The van der Waals surface area contributed by atoms with Crippen molar-refractivity contribution in [2.24, 2.45) is 0 Å². The van der Waals surface area contributed by atoms with Gasteiger partial charge in [-0.25, -0.2) is 9.37 Å². The van der Waals surface area contributed by atoms with Gasteiger partial charge in [-0.1, -0.05) is 29.5 Å². The molecule has 146 valence electrons. The predicted octanol–water partition coefficient (Wildman–Crippen LogP) is 5.63. The molecule has 4 nitrogen and oxygen atoms in total. The van der Waals surface area contributed by atoms with Gasteiger partial charge in [0.2, 0.25) is 0 Å². The van der Waals surface area contributed by atoms with Crippen LogP contribution in [0.3, 0.4) is 0 Å². The van der Waals surface area contributed by atoms with Crippen LogP contribution in [0.1, 0.15) is 20.9 Å². The number of hydrogen-bond acceptors (Lipinski definition) is 4. The Morgan fingerprint density at radius 1 is 1.14 bits per heavy atom. The lowest BCUT2D eigenvalue weighted by atomic mass is 10.1. The number of anilines is 3. The fourth-order valence-electron chi connectivity index (χ4n) is 2.51. The lowest BCUT2D eigenvalue weighted by molar-refractivity contribution is -0.139. The van der Waals surface area contributed by atoms with Gasteiger partial charge >= 0.3 is 6.18 Å². The van der Waals surface area contributed by atoms with E-state index in [1.54, 1.807) is 18.9 Å². The number of rotatable bonds is 4. The number of aromatic nitrogens is 1. The van der Waals surface area contributed by atoms with E-state index in [0.717, 1.165) is 23.1 Å². The largest absolute Gasteiger partial charge is 0.419 e. The van der Waals surface area contributed by atoms with Gasteiger partial charge < -0.3 is 10.2 Å². The topological polar surface area (TPSA) is 45.2 Å². The highest BCUT2D eigenvalue weighted by Gasteiger charge is 2.34. The summed E-state index contributed by atoms with van der Waals surface area (Å²) in [6.07, 6.45) is -4.85. The maximum Gasteiger partial charge on any atom is 0.419 e. The molecule has 0 aliphatic carbocycles. The van der Waals surface area contributed by atoms with Crippen LogP contribution in [-0.4, -0.2) is 17.9 Å². The first-order valence-corrected chi connectivity index (χ1v) is 8.93. The Morgan fingerprint density at radius 3 is 2.46 bits per heavy atom. The smallest absolute Gasteiger partial charge is 0.321 e. The van der Waals surface area contributed by atoms with E-state index in [9.17, 15) is 22.4 Å². The number of carbonyl (C=O) groups excluding carboxylic acids is 1. The van der Waals surface area contributed by atoms with E-state index in [2.05, 4.69) is 10.3 Å². The van der Waals surface area contributed by atoms with Gasteiger partial charge in [-0.15, -0.1) is 0 Å². The van der Waals surface area contributed by atoms with Crippen molar-refractivity contribution < 1.29 is 22.4 Å². The number of carbonyl (C=O) groups is 1. The van der Waals surface area contributed by atoms with Crippen LogP contribution in [0, 0.1) is 12.7 Å². The first-order chi connectivity index (χ1) is 13.2. The highest BCUT2D eigenvalue weighted by molar-refractivity contribution is 7.17. The molecule has 0 spiro atoms. The molecule has 0 bridgehead atoms. The second-order valence-corrected chi connectivity index (χ2v) is 6.93. The van der Waals surface area contributed by atoms with Gasteiger partial charge in [-0.3, -0.25) is 4.79 Å². The fraction of sp³-hybridized carbons (Fsp3) is 0.158. The second-order valence-electron chi connectivity index (χ2n) is 5.95. The number of nitrogens with zero attached hydrogens (tertiary/aromatic N) is 2. The normalized spacial score (nSPS) is 11.4. The van der Waals surface area contributed by atoms with E-state index in [-0.39, 0.29) is 10.6 Å². The zero-order valence-electron chi connectivity index (χ0n) is 14.8. The van der Waals surface area contributed by atoms with Crippen molar-refractivity contribution in [3.8, 4) is 0 Å². The van der Waals surface area contributed by atoms with Crippen LogP contribution in [0.2, 0.25) is 0 Å². The SMILES string of the molecule is Cc1nc(N(C)c2ccccc2)sc1C(=O)Nc1ccc(F)c(C(F)(F)F)c1. The van der Waals surface area contributed by atoms with Crippen LogP contribution >= 0.6 is 11.3 Å². The minimum atomic E-state index is -4.85. The summed E-state index contributed by atoms with van der Waals surface area (Å²) in [6.45, 7) is 1.64. The summed E-state index contributed by atoms with van der Waals surface area (Å²) in [7, 11) is 1.80. The molecular weight excluding hydrogens is 394 g/mol. The van der Waals surface area contributed by atoms with Gasteiger partial charge in [0.1, 0.15) is 10.7 Å². The van der Waals surface area contributed by atoms with E-state index in [4.69, 9.17) is 0 Å². The van der Waals surface area contributed by atoms with E-state index in [0.29, 0.717) is 23.0 Å². The molecule has 0 aliphatic heterocycles. The average Bonchev–Trinajstić information content (AvgIpc) is 3.04. The standard InChI is InChI=1S/C19H15F4N3OS/c1-11-16(28-18(24-11)26(2)13-6-4-3-5-7-13)17(27)25-12-8-9-15(20)14(10-12)19(21,22)23/h3-10H,1-2H3,(H,25,27). The van der Waals surface area contributed by atoms with Gasteiger partial charge in [0.15, 0.2) is 5.13 Å². The maximum atomic E-state index is 13.4. The molecule has 0 fully saturated rings. The highest BCUT2D eigenvalue weighted by Crippen LogP contribution is 2.34. The number of alkyl halides is 3. The molecular formula is C19H15F4N3OS. The van der Waals surface area contributed by atoms with Crippen LogP contribution < -0.4 is 10.2 Å². The van der Waals surface area contributed by atoms with Crippen LogP contribution in [0.4, 0.5) is 34.1 Å². The van der Waals surface area contributed by atoms with Gasteiger partial charge in [0.25, 0.3) is 5.91 Å². The molecule has 1 N–H and O–H groups in total. The van der Waals surface area contributed by atoms with Gasteiger partial charge in [0.05, 0.1) is 11.3 Å². The summed E-state index contributed by atoms with van der Waals surface area (Å²) in [5, 5.41) is 2.94. The third-order valence-electron chi connectivity index (χ3n) is 3.95. The third-order valence-corrected chi connectivity index (χ3v) is 5.18. The molecule has 3 aromatic rings. The van der Waals surface area contributed by atoms with Crippen molar-refractivity contribution in [3.63, 3.8) is 0 Å². The maximum absolute atomic E-state index is 13.4. The Labute approximate surface area is 162 Å². The number of halogens is 4. The number of benzene rings is 2. The molecule has 1 aromatic heterocycles. The highest BCUT2D eigenvalue weighted by atomic mass is 32.1. The molecule has 28 heavy (non-hydrogen) atoms. The Balaban J connectivity index is 1.83. The monoisotopic (exact) mass is 409 g/mol. The van der Waals surface area contributed by atoms with Crippen molar-refractivity contribution in [1.82, 2.24) is 4.98 Å². The molecule has 0 saturated carbocycles. The zero-order chi connectivity index (χ0) is 20.5. The number of hydrogen-bond donors (Lipinski definition) is 1. The summed E-state index contributed by atoms with van der Waals surface area (Å²) in [5.41, 5.74) is -0.268. The molecule has 1 amide bonds. The molecule has 0 radical (unpaired) electrons. The Hall–Kier alpha value is -2.94.